The summed E-state index contributed by atoms with van der Waals surface area (Å²) in [6, 6.07) is 0. The first-order valence-electron chi connectivity index (χ1n) is 7.91. The van der Waals surface area contributed by atoms with E-state index in [0.717, 1.165) is 39.0 Å². The maximum atomic E-state index is 11.7. The molecule has 1 saturated heterocycles. The van der Waals surface area contributed by atoms with Gasteiger partial charge >= 0.3 is 5.97 Å². The molecule has 0 saturated carbocycles. The van der Waals surface area contributed by atoms with E-state index in [9.17, 15) is 4.79 Å². The standard InChI is InChI=1S/C15H30N2O2/c1-2-3-4-5-6-7-13-19-15(18)14-17-11-8-9-16-10-12-17/h16H,2-14H2,1H3. The zero-order valence-corrected chi connectivity index (χ0v) is 12.5. The number of rotatable bonds is 9. The highest BCUT2D eigenvalue weighted by Crippen LogP contribution is 2.05. The van der Waals surface area contributed by atoms with E-state index in [1.165, 1.54) is 32.1 Å². The molecule has 0 atom stereocenters. The highest BCUT2D eigenvalue weighted by Gasteiger charge is 2.13. The highest BCUT2D eigenvalue weighted by atomic mass is 16.5. The van der Waals surface area contributed by atoms with Gasteiger partial charge in [-0.2, -0.15) is 0 Å². The first kappa shape index (κ1) is 16.4. The molecular weight excluding hydrogens is 240 g/mol. The van der Waals surface area contributed by atoms with Crippen molar-refractivity contribution in [3.8, 4) is 0 Å². The third-order valence-electron chi connectivity index (χ3n) is 3.55. The van der Waals surface area contributed by atoms with Gasteiger partial charge in [0, 0.05) is 13.1 Å². The molecule has 1 aliphatic rings. The molecule has 0 radical (unpaired) electrons. The van der Waals surface area contributed by atoms with E-state index in [4.69, 9.17) is 4.74 Å². The second kappa shape index (κ2) is 11.2. The third kappa shape index (κ3) is 9.00. The molecule has 4 heteroatoms. The molecule has 1 N–H and O–H groups in total. The first-order valence-corrected chi connectivity index (χ1v) is 7.91. The predicted molar refractivity (Wildman–Crippen MR) is 78.3 cm³/mol. The molecule has 19 heavy (non-hydrogen) atoms. The van der Waals surface area contributed by atoms with Gasteiger partial charge < -0.3 is 10.1 Å². The topological polar surface area (TPSA) is 41.6 Å². The van der Waals surface area contributed by atoms with Crippen molar-refractivity contribution >= 4 is 5.97 Å². The predicted octanol–water partition coefficient (Wildman–Crippen LogP) is 2.19. The Bertz CT molecular complexity index is 226. The smallest absolute Gasteiger partial charge is 0.320 e. The van der Waals surface area contributed by atoms with Crippen molar-refractivity contribution in [3.63, 3.8) is 0 Å². The van der Waals surface area contributed by atoms with Crippen molar-refractivity contribution in [2.45, 2.75) is 51.9 Å². The van der Waals surface area contributed by atoms with Gasteiger partial charge in [-0.3, -0.25) is 9.69 Å². The van der Waals surface area contributed by atoms with E-state index in [2.05, 4.69) is 17.1 Å². The summed E-state index contributed by atoms with van der Waals surface area (Å²) in [5.74, 6) is -0.0598. The van der Waals surface area contributed by atoms with Crippen LogP contribution in [0.5, 0.6) is 0 Å². The van der Waals surface area contributed by atoms with Crippen LogP contribution < -0.4 is 5.32 Å². The average Bonchev–Trinajstić information content (AvgIpc) is 2.66. The lowest BCUT2D eigenvalue weighted by molar-refractivity contribution is -0.145. The molecule has 1 fully saturated rings. The Morgan fingerprint density at radius 2 is 1.89 bits per heavy atom. The minimum atomic E-state index is -0.0598. The van der Waals surface area contributed by atoms with Gasteiger partial charge in [0.15, 0.2) is 0 Å². The van der Waals surface area contributed by atoms with Crippen LogP contribution in [-0.2, 0) is 9.53 Å². The van der Waals surface area contributed by atoms with Gasteiger partial charge in [0.1, 0.15) is 0 Å². The highest BCUT2D eigenvalue weighted by molar-refractivity contribution is 5.71. The van der Waals surface area contributed by atoms with Gasteiger partial charge in [-0.25, -0.2) is 0 Å². The fraction of sp³-hybridized carbons (Fsp3) is 0.933. The fourth-order valence-electron chi connectivity index (χ4n) is 2.36. The molecule has 1 aliphatic heterocycles. The summed E-state index contributed by atoms with van der Waals surface area (Å²) in [6.45, 7) is 7.26. The van der Waals surface area contributed by atoms with E-state index >= 15 is 0 Å². The maximum Gasteiger partial charge on any atom is 0.320 e. The Hall–Kier alpha value is -0.610. The van der Waals surface area contributed by atoms with Crippen molar-refractivity contribution in [2.75, 3.05) is 39.3 Å². The Morgan fingerprint density at radius 3 is 2.74 bits per heavy atom. The molecule has 1 rings (SSSR count). The molecular formula is C15H30N2O2. The van der Waals surface area contributed by atoms with Crippen LogP contribution >= 0.6 is 0 Å². The number of hydrogen-bond donors (Lipinski definition) is 1. The number of carbonyl (C=O) groups excluding carboxylic acids is 1. The largest absolute Gasteiger partial charge is 0.465 e. The van der Waals surface area contributed by atoms with Crippen LogP contribution in [0, 0.1) is 0 Å². The normalized spacial score (nSPS) is 17.1. The van der Waals surface area contributed by atoms with Crippen molar-refractivity contribution < 1.29 is 9.53 Å². The lowest BCUT2D eigenvalue weighted by atomic mass is 10.1. The molecule has 0 unspecified atom stereocenters. The number of hydrogen-bond acceptors (Lipinski definition) is 4. The molecule has 0 aromatic carbocycles. The minimum Gasteiger partial charge on any atom is -0.465 e. The molecule has 0 bridgehead atoms. The molecule has 1 heterocycles. The molecule has 0 spiro atoms. The second-order valence-corrected chi connectivity index (χ2v) is 5.37. The van der Waals surface area contributed by atoms with Crippen LogP contribution in [0.3, 0.4) is 0 Å². The number of ether oxygens (including phenoxy) is 1. The molecule has 0 aromatic rings. The molecule has 0 aromatic heterocycles. The number of esters is 1. The summed E-state index contributed by atoms with van der Waals surface area (Å²) in [5, 5.41) is 3.33. The number of nitrogens with zero attached hydrogens (tertiary/aromatic N) is 1. The third-order valence-corrected chi connectivity index (χ3v) is 3.55. The van der Waals surface area contributed by atoms with Gasteiger partial charge in [0.25, 0.3) is 0 Å². The van der Waals surface area contributed by atoms with E-state index in [1.807, 2.05) is 0 Å². The Morgan fingerprint density at radius 1 is 1.11 bits per heavy atom. The summed E-state index contributed by atoms with van der Waals surface area (Å²) in [4.78, 5) is 13.9. The summed E-state index contributed by atoms with van der Waals surface area (Å²) in [5.41, 5.74) is 0. The Balaban J connectivity index is 1.95. The van der Waals surface area contributed by atoms with Gasteiger partial charge in [0.05, 0.1) is 13.2 Å². The zero-order valence-electron chi connectivity index (χ0n) is 12.5. The van der Waals surface area contributed by atoms with Crippen LogP contribution in [0.15, 0.2) is 0 Å². The van der Waals surface area contributed by atoms with Gasteiger partial charge in [-0.15, -0.1) is 0 Å². The summed E-state index contributed by atoms with van der Waals surface area (Å²) in [7, 11) is 0. The zero-order chi connectivity index (χ0) is 13.8. The van der Waals surface area contributed by atoms with Crippen LogP contribution in [0.2, 0.25) is 0 Å². The minimum absolute atomic E-state index is 0.0598. The van der Waals surface area contributed by atoms with Gasteiger partial charge in [0.2, 0.25) is 0 Å². The van der Waals surface area contributed by atoms with E-state index < -0.39 is 0 Å². The second-order valence-electron chi connectivity index (χ2n) is 5.37. The lowest BCUT2D eigenvalue weighted by Crippen LogP contribution is -2.34. The quantitative estimate of drug-likeness (QED) is 0.515. The van der Waals surface area contributed by atoms with E-state index in [0.29, 0.717) is 13.2 Å². The monoisotopic (exact) mass is 270 g/mol. The van der Waals surface area contributed by atoms with Crippen LogP contribution in [0.4, 0.5) is 0 Å². The SMILES string of the molecule is CCCCCCCCOC(=O)CN1CCCNCC1. The fourth-order valence-corrected chi connectivity index (χ4v) is 2.36. The number of carbonyl (C=O) groups is 1. The summed E-state index contributed by atoms with van der Waals surface area (Å²) < 4.78 is 5.29. The summed E-state index contributed by atoms with van der Waals surface area (Å²) in [6.07, 6.45) is 8.49. The Labute approximate surface area is 117 Å². The maximum absolute atomic E-state index is 11.7. The van der Waals surface area contributed by atoms with Crippen molar-refractivity contribution in [1.29, 1.82) is 0 Å². The van der Waals surface area contributed by atoms with Gasteiger partial charge in [-0.05, 0) is 25.9 Å². The van der Waals surface area contributed by atoms with Crippen molar-refractivity contribution in [2.24, 2.45) is 0 Å². The van der Waals surface area contributed by atoms with E-state index in [1.54, 1.807) is 0 Å². The van der Waals surface area contributed by atoms with Crippen molar-refractivity contribution in [1.82, 2.24) is 10.2 Å². The van der Waals surface area contributed by atoms with Crippen LogP contribution in [-0.4, -0.2) is 50.2 Å². The van der Waals surface area contributed by atoms with Crippen LogP contribution in [0.25, 0.3) is 0 Å². The molecule has 112 valence electrons. The number of nitrogens with one attached hydrogen (secondary N) is 1. The molecule has 0 amide bonds. The van der Waals surface area contributed by atoms with Crippen LogP contribution in [0.1, 0.15) is 51.9 Å². The molecule has 4 nitrogen and oxygen atoms in total. The first-order chi connectivity index (χ1) is 9.33. The van der Waals surface area contributed by atoms with E-state index in [-0.39, 0.29) is 5.97 Å². The average molecular weight is 270 g/mol. The Kier molecular flexibility index (Phi) is 9.72. The van der Waals surface area contributed by atoms with Gasteiger partial charge in [-0.1, -0.05) is 39.0 Å². The lowest BCUT2D eigenvalue weighted by Gasteiger charge is -2.18. The van der Waals surface area contributed by atoms with Crippen molar-refractivity contribution in [3.05, 3.63) is 0 Å². The number of unbranched alkanes of at least 4 members (excludes halogenated alkanes) is 5. The molecule has 0 aliphatic carbocycles. The summed E-state index contributed by atoms with van der Waals surface area (Å²) >= 11 is 0.